The molecule has 1 N–H and O–H groups in total. The molecule has 0 bridgehead atoms. The highest BCUT2D eigenvalue weighted by Crippen LogP contribution is 2.29. The maximum absolute atomic E-state index is 13.3. The molecule has 20 heavy (non-hydrogen) atoms. The monoisotopic (exact) mass is 303 g/mol. The van der Waals surface area contributed by atoms with Gasteiger partial charge >= 0.3 is 0 Å². The lowest BCUT2D eigenvalue weighted by atomic mass is 9.95. The summed E-state index contributed by atoms with van der Waals surface area (Å²) in [5.74, 6) is -2.15. The number of halogens is 2. The quantitative estimate of drug-likeness (QED) is 0.870. The first-order chi connectivity index (χ1) is 9.46. The van der Waals surface area contributed by atoms with Gasteiger partial charge < -0.3 is 5.32 Å². The zero-order chi connectivity index (χ0) is 14.8. The van der Waals surface area contributed by atoms with Crippen LogP contribution in [-0.4, -0.2) is 26.3 Å². The van der Waals surface area contributed by atoms with Crippen LogP contribution in [0.15, 0.2) is 23.1 Å². The highest BCUT2D eigenvalue weighted by molar-refractivity contribution is 7.92. The summed E-state index contributed by atoms with van der Waals surface area (Å²) in [4.78, 5) is -0.133. The summed E-state index contributed by atoms with van der Waals surface area (Å²) < 4.78 is 51.4. The fraction of sp³-hybridized carbons (Fsp3) is 0.571. The van der Waals surface area contributed by atoms with E-state index in [0.717, 1.165) is 37.5 Å². The zero-order valence-corrected chi connectivity index (χ0v) is 12.2. The van der Waals surface area contributed by atoms with Crippen LogP contribution in [0.4, 0.5) is 8.78 Å². The molecule has 0 aromatic heterocycles. The Morgan fingerprint density at radius 1 is 1.20 bits per heavy atom. The Balaban J connectivity index is 2.34. The minimum Gasteiger partial charge on any atom is -0.313 e. The van der Waals surface area contributed by atoms with Crippen LogP contribution >= 0.6 is 0 Å². The van der Waals surface area contributed by atoms with Crippen molar-refractivity contribution in [2.45, 2.75) is 48.8 Å². The second kappa shape index (κ2) is 6.18. The maximum Gasteiger partial charge on any atom is 0.182 e. The largest absolute Gasteiger partial charge is 0.313 e. The molecule has 2 atom stereocenters. The van der Waals surface area contributed by atoms with Crippen molar-refractivity contribution in [2.75, 3.05) is 6.54 Å². The Kier molecular flexibility index (Phi) is 4.75. The van der Waals surface area contributed by atoms with Gasteiger partial charge in [0.1, 0.15) is 0 Å². The molecule has 112 valence electrons. The van der Waals surface area contributed by atoms with Crippen molar-refractivity contribution in [3.63, 3.8) is 0 Å². The van der Waals surface area contributed by atoms with Gasteiger partial charge in [-0.15, -0.1) is 0 Å². The molecule has 1 aromatic rings. The summed E-state index contributed by atoms with van der Waals surface area (Å²) in [6.07, 6.45) is 3.18. The highest BCUT2D eigenvalue weighted by atomic mass is 32.2. The van der Waals surface area contributed by atoms with Crippen molar-refractivity contribution < 1.29 is 17.2 Å². The minimum atomic E-state index is -3.64. The van der Waals surface area contributed by atoms with E-state index in [1.807, 2.05) is 6.92 Å². The normalized spacial score (nSPS) is 23.8. The number of hydrogen-bond acceptors (Lipinski definition) is 3. The van der Waals surface area contributed by atoms with Crippen molar-refractivity contribution in [1.29, 1.82) is 0 Å². The average molecular weight is 303 g/mol. The predicted octanol–water partition coefficient (Wildman–Crippen LogP) is 2.66. The Labute approximate surface area is 118 Å². The molecular weight excluding hydrogens is 284 g/mol. The van der Waals surface area contributed by atoms with E-state index in [4.69, 9.17) is 0 Å². The average Bonchev–Trinajstić information content (AvgIpc) is 2.42. The van der Waals surface area contributed by atoms with Gasteiger partial charge in [0.25, 0.3) is 0 Å². The molecule has 3 nitrogen and oxygen atoms in total. The lowest BCUT2D eigenvalue weighted by Crippen LogP contribution is -2.46. The third kappa shape index (κ3) is 3.01. The molecule has 1 aliphatic rings. The summed E-state index contributed by atoms with van der Waals surface area (Å²) in [5.41, 5.74) is 0. The van der Waals surface area contributed by atoms with Gasteiger partial charge in [-0.25, -0.2) is 17.2 Å². The van der Waals surface area contributed by atoms with Gasteiger partial charge in [-0.05, 0) is 37.6 Å². The maximum atomic E-state index is 13.3. The highest BCUT2D eigenvalue weighted by Gasteiger charge is 2.36. The summed E-state index contributed by atoms with van der Waals surface area (Å²) >= 11 is 0. The summed E-state index contributed by atoms with van der Waals surface area (Å²) in [6, 6.07) is 2.67. The first-order valence-electron chi connectivity index (χ1n) is 6.89. The van der Waals surface area contributed by atoms with E-state index in [1.54, 1.807) is 0 Å². The molecule has 1 aromatic carbocycles. The molecule has 6 heteroatoms. The fourth-order valence-corrected chi connectivity index (χ4v) is 4.81. The number of hydrogen-bond donors (Lipinski definition) is 1. The molecule has 0 radical (unpaired) electrons. The standard InChI is InChI=1S/C14H19F2NO2S/c1-2-17-13-5-3-4-6-14(13)20(18,19)10-7-8-11(15)12(16)9-10/h7-9,13-14,17H,2-6H2,1H3. The van der Waals surface area contributed by atoms with Gasteiger partial charge in [-0.2, -0.15) is 0 Å². The first-order valence-corrected chi connectivity index (χ1v) is 8.43. The zero-order valence-electron chi connectivity index (χ0n) is 11.4. The van der Waals surface area contributed by atoms with Crippen molar-refractivity contribution in [3.05, 3.63) is 29.8 Å². The predicted molar refractivity (Wildman–Crippen MR) is 73.3 cm³/mol. The Hall–Kier alpha value is -1.01. The van der Waals surface area contributed by atoms with Crippen LogP contribution in [0.5, 0.6) is 0 Å². The molecule has 0 saturated heterocycles. The van der Waals surface area contributed by atoms with Crippen molar-refractivity contribution >= 4 is 9.84 Å². The Bertz CT molecular complexity index is 573. The molecule has 2 rings (SSSR count). The van der Waals surface area contributed by atoms with Gasteiger partial charge in [-0.3, -0.25) is 0 Å². The lowest BCUT2D eigenvalue weighted by molar-refractivity contribution is 0.376. The smallest absolute Gasteiger partial charge is 0.182 e. The van der Waals surface area contributed by atoms with Gasteiger partial charge in [0, 0.05) is 6.04 Å². The second-order valence-corrected chi connectivity index (χ2v) is 7.27. The van der Waals surface area contributed by atoms with E-state index in [9.17, 15) is 17.2 Å². The number of nitrogens with one attached hydrogen (secondary N) is 1. The second-order valence-electron chi connectivity index (χ2n) is 5.11. The van der Waals surface area contributed by atoms with Gasteiger partial charge in [0.2, 0.25) is 0 Å². The van der Waals surface area contributed by atoms with Crippen molar-refractivity contribution in [1.82, 2.24) is 5.32 Å². The summed E-state index contributed by atoms with van der Waals surface area (Å²) in [7, 11) is -3.64. The van der Waals surface area contributed by atoms with Gasteiger partial charge in [0.05, 0.1) is 10.1 Å². The number of benzene rings is 1. The van der Waals surface area contributed by atoms with Crippen LogP contribution in [0.25, 0.3) is 0 Å². The summed E-state index contributed by atoms with van der Waals surface area (Å²) in [5, 5.41) is 2.62. The minimum absolute atomic E-state index is 0.119. The Morgan fingerprint density at radius 2 is 1.90 bits per heavy atom. The SMILES string of the molecule is CCNC1CCCCC1S(=O)(=O)c1ccc(F)c(F)c1. The fourth-order valence-electron chi connectivity index (χ4n) is 2.79. The van der Waals surface area contributed by atoms with Crippen LogP contribution in [0.3, 0.4) is 0 Å². The lowest BCUT2D eigenvalue weighted by Gasteiger charge is -2.31. The summed E-state index contributed by atoms with van der Waals surface area (Å²) in [6.45, 7) is 2.62. The molecule has 0 amide bonds. The van der Waals surface area contributed by atoms with Crippen LogP contribution in [0.2, 0.25) is 0 Å². The van der Waals surface area contributed by atoms with Gasteiger partial charge in [0.15, 0.2) is 21.5 Å². The van der Waals surface area contributed by atoms with E-state index >= 15 is 0 Å². The first kappa shape index (κ1) is 15.4. The van der Waals surface area contributed by atoms with Gasteiger partial charge in [-0.1, -0.05) is 19.8 Å². The topological polar surface area (TPSA) is 46.2 Å². The van der Waals surface area contributed by atoms with E-state index in [0.29, 0.717) is 13.0 Å². The number of sulfone groups is 1. The molecular formula is C14H19F2NO2S. The Morgan fingerprint density at radius 3 is 2.55 bits per heavy atom. The van der Waals surface area contributed by atoms with Crippen LogP contribution in [-0.2, 0) is 9.84 Å². The van der Waals surface area contributed by atoms with E-state index in [1.165, 1.54) is 0 Å². The van der Waals surface area contributed by atoms with Crippen molar-refractivity contribution in [2.24, 2.45) is 0 Å². The molecule has 1 fully saturated rings. The third-order valence-electron chi connectivity index (χ3n) is 3.79. The molecule has 2 unspecified atom stereocenters. The molecule has 0 spiro atoms. The molecule has 1 aliphatic carbocycles. The molecule has 0 aliphatic heterocycles. The van der Waals surface area contributed by atoms with Crippen LogP contribution in [0.1, 0.15) is 32.6 Å². The van der Waals surface area contributed by atoms with Crippen LogP contribution < -0.4 is 5.32 Å². The van der Waals surface area contributed by atoms with Crippen molar-refractivity contribution in [3.8, 4) is 0 Å². The number of rotatable bonds is 4. The van der Waals surface area contributed by atoms with E-state index in [-0.39, 0.29) is 10.9 Å². The molecule has 0 heterocycles. The van der Waals surface area contributed by atoms with E-state index in [2.05, 4.69) is 5.32 Å². The third-order valence-corrected chi connectivity index (χ3v) is 6.06. The molecule has 1 saturated carbocycles. The van der Waals surface area contributed by atoms with E-state index < -0.39 is 26.7 Å². The van der Waals surface area contributed by atoms with Crippen LogP contribution in [0, 0.1) is 11.6 Å².